The van der Waals surface area contributed by atoms with Crippen molar-refractivity contribution >= 4 is 10.9 Å². The first-order valence-corrected chi connectivity index (χ1v) is 6.96. The topological polar surface area (TPSA) is 49.0 Å². The van der Waals surface area contributed by atoms with Crippen molar-refractivity contribution in [1.29, 1.82) is 0 Å². The zero-order valence-corrected chi connectivity index (χ0v) is 11.2. The number of para-hydroxylation sites is 1. The maximum absolute atomic E-state index is 12.0. The lowest BCUT2D eigenvalue weighted by Gasteiger charge is -2.32. The molecule has 0 radical (unpaired) electrons. The van der Waals surface area contributed by atoms with Crippen molar-refractivity contribution in [2.45, 2.75) is 38.8 Å². The predicted molar refractivity (Wildman–Crippen MR) is 76.1 cm³/mol. The van der Waals surface area contributed by atoms with E-state index in [4.69, 9.17) is 0 Å². The summed E-state index contributed by atoms with van der Waals surface area (Å²) in [4.78, 5) is 21.9. The van der Waals surface area contributed by atoms with Crippen LogP contribution in [0.3, 0.4) is 0 Å². The predicted octanol–water partition coefficient (Wildman–Crippen LogP) is 2.30. The molecule has 4 nitrogen and oxygen atoms in total. The third-order valence-corrected chi connectivity index (χ3v) is 3.96. The average molecular weight is 257 g/mol. The number of aromatic nitrogens is 2. The Kier molecular flexibility index (Phi) is 3.34. The molecule has 1 aromatic carbocycles. The van der Waals surface area contributed by atoms with Gasteiger partial charge in [0.2, 0.25) is 0 Å². The summed E-state index contributed by atoms with van der Waals surface area (Å²) in [7, 11) is 0. The Labute approximate surface area is 112 Å². The summed E-state index contributed by atoms with van der Waals surface area (Å²) >= 11 is 0. The van der Waals surface area contributed by atoms with E-state index < -0.39 is 0 Å². The maximum atomic E-state index is 12.0. The Bertz CT molecular complexity index is 635. The molecule has 3 rings (SSSR count). The summed E-state index contributed by atoms with van der Waals surface area (Å²) in [5.41, 5.74) is 0.746. The molecule has 1 aliphatic heterocycles. The molecule has 1 N–H and O–H groups in total. The molecule has 1 atom stereocenters. The zero-order valence-electron chi connectivity index (χ0n) is 11.2. The molecule has 0 amide bonds. The van der Waals surface area contributed by atoms with E-state index in [9.17, 15) is 4.79 Å². The highest BCUT2D eigenvalue weighted by Crippen LogP contribution is 2.18. The number of rotatable bonds is 2. The summed E-state index contributed by atoms with van der Waals surface area (Å²) in [5.74, 6) is 0.775. The highest BCUT2D eigenvalue weighted by atomic mass is 16.1. The van der Waals surface area contributed by atoms with E-state index in [0.29, 0.717) is 11.4 Å². The Hall–Kier alpha value is -1.68. The van der Waals surface area contributed by atoms with E-state index in [-0.39, 0.29) is 5.56 Å². The Morgan fingerprint density at radius 1 is 1.37 bits per heavy atom. The Morgan fingerprint density at radius 3 is 3.05 bits per heavy atom. The van der Waals surface area contributed by atoms with Crippen LogP contribution in [0.15, 0.2) is 29.1 Å². The normalized spacial score (nSPS) is 20.8. The monoisotopic (exact) mass is 257 g/mol. The highest BCUT2D eigenvalue weighted by Gasteiger charge is 2.19. The first-order valence-electron chi connectivity index (χ1n) is 6.96. The molecular formula is C15H19N3O. The number of piperidine rings is 1. The molecule has 0 bridgehead atoms. The second-order valence-corrected chi connectivity index (χ2v) is 5.35. The molecule has 0 saturated carbocycles. The molecular weight excluding hydrogens is 238 g/mol. The lowest BCUT2D eigenvalue weighted by atomic mass is 10.0. The van der Waals surface area contributed by atoms with Crippen LogP contribution in [0.5, 0.6) is 0 Å². The van der Waals surface area contributed by atoms with Crippen molar-refractivity contribution in [3.63, 3.8) is 0 Å². The van der Waals surface area contributed by atoms with Crippen molar-refractivity contribution in [2.75, 3.05) is 6.54 Å². The van der Waals surface area contributed by atoms with Gasteiger partial charge in [-0.1, -0.05) is 18.6 Å². The fraction of sp³-hybridized carbons (Fsp3) is 0.467. The van der Waals surface area contributed by atoms with Crippen LogP contribution in [0, 0.1) is 0 Å². The van der Waals surface area contributed by atoms with Crippen LogP contribution in [-0.4, -0.2) is 27.5 Å². The second kappa shape index (κ2) is 5.13. The van der Waals surface area contributed by atoms with Crippen molar-refractivity contribution in [3.05, 3.63) is 40.4 Å². The third kappa shape index (κ3) is 2.54. The summed E-state index contributed by atoms with van der Waals surface area (Å²) < 4.78 is 0. The quantitative estimate of drug-likeness (QED) is 0.898. The van der Waals surface area contributed by atoms with Gasteiger partial charge in [-0.3, -0.25) is 9.69 Å². The van der Waals surface area contributed by atoms with Crippen molar-refractivity contribution in [1.82, 2.24) is 14.9 Å². The summed E-state index contributed by atoms with van der Waals surface area (Å²) in [5, 5.41) is 0.665. The fourth-order valence-electron chi connectivity index (χ4n) is 2.79. The number of H-pyrrole nitrogens is 1. The number of likely N-dealkylation sites (tertiary alicyclic amines) is 1. The van der Waals surface area contributed by atoms with Gasteiger partial charge in [0.25, 0.3) is 5.56 Å². The van der Waals surface area contributed by atoms with Gasteiger partial charge in [-0.15, -0.1) is 0 Å². The van der Waals surface area contributed by atoms with Crippen LogP contribution in [0.2, 0.25) is 0 Å². The molecule has 0 spiro atoms. The largest absolute Gasteiger partial charge is 0.309 e. The zero-order chi connectivity index (χ0) is 13.2. The van der Waals surface area contributed by atoms with Gasteiger partial charge in [-0.25, -0.2) is 4.98 Å². The smallest absolute Gasteiger partial charge is 0.258 e. The van der Waals surface area contributed by atoms with Crippen LogP contribution >= 0.6 is 0 Å². The van der Waals surface area contributed by atoms with Gasteiger partial charge in [-0.05, 0) is 38.4 Å². The van der Waals surface area contributed by atoms with Crippen LogP contribution in [0.4, 0.5) is 0 Å². The van der Waals surface area contributed by atoms with Crippen molar-refractivity contribution in [3.8, 4) is 0 Å². The van der Waals surface area contributed by atoms with Crippen molar-refractivity contribution in [2.24, 2.45) is 0 Å². The second-order valence-electron chi connectivity index (χ2n) is 5.35. The van der Waals surface area contributed by atoms with E-state index in [1.54, 1.807) is 0 Å². The summed E-state index contributed by atoms with van der Waals surface area (Å²) in [6, 6.07) is 8.07. The molecule has 4 heteroatoms. The van der Waals surface area contributed by atoms with E-state index in [1.807, 2.05) is 24.3 Å². The molecule has 1 saturated heterocycles. The number of aromatic amines is 1. The molecule has 1 aliphatic rings. The van der Waals surface area contributed by atoms with Crippen LogP contribution in [0.25, 0.3) is 10.9 Å². The summed E-state index contributed by atoms with van der Waals surface area (Å²) in [6.07, 6.45) is 3.78. The van der Waals surface area contributed by atoms with E-state index in [0.717, 1.165) is 24.4 Å². The lowest BCUT2D eigenvalue weighted by molar-refractivity contribution is 0.149. The van der Waals surface area contributed by atoms with Gasteiger partial charge < -0.3 is 4.98 Å². The molecule has 100 valence electrons. The molecule has 0 aliphatic carbocycles. The number of hydrogen-bond acceptors (Lipinski definition) is 3. The van der Waals surface area contributed by atoms with Crippen LogP contribution in [0.1, 0.15) is 32.0 Å². The standard InChI is InChI=1S/C15H19N3O/c1-11-6-4-5-9-18(11)10-14-16-13-8-3-2-7-12(13)15(19)17-14/h2-3,7-8,11H,4-6,9-10H2,1H3,(H,16,17,19)/t11-/m1/s1. The highest BCUT2D eigenvalue weighted by molar-refractivity contribution is 5.77. The Morgan fingerprint density at radius 2 is 2.21 bits per heavy atom. The van der Waals surface area contributed by atoms with Crippen molar-refractivity contribution < 1.29 is 0 Å². The minimum absolute atomic E-state index is 0.0368. The minimum Gasteiger partial charge on any atom is -0.309 e. The Balaban J connectivity index is 1.91. The van der Waals surface area contributed by atoms with Gasteiger partial charge >= 0.3 is 0 Å². The lowest BCUT2D eigenvalue weighted by Crippen LogP contribution is -2.37. The minimum atomic E-state index is -0.0368. The average Bonchev–Trinajstić information content (AvgIpc) is 2.42. The molecule has 2 heterocycles. The van der Waals surface area contributed by atoms with Gasteiger partial charge in [-0.2, -0.15) is 0 Å². The third-order valence-electron chi connectivity index (χ3n) is 3.96. The molecule has 0 unspecified atom stereocenters. The maximum Gasteiger partial charge on any atom is 0.258 e. The number of benzene rings is 1. The molecule has 1 aromatic heterocycles. The molecule has 1 fully saturated rings. The first kappa shape index (κ1) is 12.4. The van der Waals surface area contributed by atoms with Crippen LogP contribution < -0.4 is 5.56 Å². The van der Waals surface area contributed by atoms with Gasteiger partial charge in [0.1, 0.15) is 5.82 Å². The van der Waals surface area contributed by atoms with Crippen LogP contribution in [-0.2, 0) is 6.54 Å². The fourth-order valence-corrected chi connectivity index (χ4v) is 2.79. The first-order chi connectivity index (χ1) is 9.24. The van der Waals surface area contributed by atoms with E-state index in [2.05, 4.69) is 21.8 Å². The van der Waals surface area contributed by atoms with E-state index in [1.165, 1.54) is 19.3 Å². The number of nitrogens with zero attached hydrogens (tertiary/aromatic N) is 2. The number of fused-ring (bicyclic) bond motifs is 1. The SMILES string of the molecule is C[C@@H]1CCCCN1Cc1nc2ccccc2c(=O)[nH]1. The van der Waals surface area contributed by atoms with Gasteiger partial charge in [0.15, 0.2) is 0 Å². The molecule has 2 aromatic rings. The van der Waals surface area contributed by atoms with Gasteiger partial charge in [0.05, 0.1) is 17.4 Å². The number of hydrogen-bond donors (Lipinski definition) is 1. The molecule has 19 heavy (non-hydrogen) atoms. The van der Waals surface area contributed by atoms with Gasteiger partial charge in [0, 0.05) is 6.04 Å². The van der Waals surface area contributed by atoms with E-state index >= 15 is 0 Å². The number of nitrogens with one attached hydrogen (secondary N) is 1. The summed E-state index contributed by atoms with van der Waals surface area (Å²) in [6.45, 7) is 4.08.